The van der Waals surface area contributed by atoms with Crippen LogP contribution in [0.25, 0.3) is 122 Å². The first-order chi connectivity index (χ1) is 30.7. The molecule has 0 N–H and O–H groups in total. The summed E-state index contributed by atoms with van der Waals surface area (Å²) < 4.78 is 0. The first-order valence-corrected chi connectivity index (χ1v) is 21.1. The van der Waals surface area contributed by atoms with Gasteiger partial charge in [-0.25, -0.2) is 15.0 Å². The Bertz CT molecular complexity index is 3420. The van der Waals surface area contributed by atoms with Crippen molar-refractivity contribution in [2.45, 2.75) is 0 Å². The number of hydrogen-bond acceptors (Lipinski definition) is 3. The molecule has 0 radical (unpaired) electrons. The predicted molar refractivity (Wildman–Crippen MR) is 257 cm³/mol. The zero-order valence-corrected chi connectivity index (χ0v) is 33.7. The maximum atomic E-state index is 4.98. The van der Waals surface area contributed by atoms with Gasteiger partial charge in [0.15, 0.2) is 17.5 Å². The molecule has 0 atom stereocenters. The normalized spacial score (nSPS) is 11.5. The fourth-order valence-corrected chi connectivity index (χ4v) is 9.24. The molecule has 288 valence electrons. The Morgan fingerprint density at radius 1 is 0.226 bits per heavy atom. The number of nitrogens with zero attached hydrogens (tertiary/aromatic N) is 3. The molecule has 62 heavy (non-hydrogen) atoms. The molecule has 0 saturated heterocycles. The molecule has 0 fully saturated rings. The van der Waals surface area contributed by atoms with Crippen molar-refractivity contribution < 1.29 is 0 Å². The van der Waals surface area contributed by atoms with Crippen LogP contribution >= 0.6 is 0 Å². The molecule has 1 aromatic heterocycles. The Hall–Kier alpha value is -8.27. The van der Waals surface area contributed by atoms with Crippen LogP contribution in [0.2, 0.25) is 0 Å². The van der Waals surface area contributed by atoms with Gasteiger partial charge in [0.05, 0.1) is 0 Å². The van der Waals surface area contributed by atoms with Gasteiger partial charge in [0.2, 0.25) is 0 Å². The van der Waals surface area contributed by atoms with Crippen LogP contribution in [-0.2, 0) is 0 Å². The highest BCUT2D eigenvalue weighted by Gasteiger charge is 2.22. The van der Waals surface area contributed by atoms with Crippen molar-refractivity contribution in [3.8, 4) is 101 Å². The highest BCUT2D eigenvalue weighted by atomic mass is 15.0. The molecule has 11 aromatic rings. The number of benzene rings is 10. The van der Waals surface area contributed by atoms with Gasteiger partial charge in [0.25, 0.3) is 0 Å². The van der Waals surface area contributed by atoms with Gasteiger partial charge in [-0.3, -0.25) is 0 Å². The summed E-state index contributed by atoms with van der Waals surface area (Å²) in [4.78, 5) is 14.9. The third-order valence-corrected chi connectivity index (χ3v) is 12.3. The molecule has 0 unspecified atom stereocenters. The van der Waals surface area contributed by atoms with Crippen LogP contribution in [0.1, 0.15) is 0 Å². The summed E-state index contributed by atoms with van der Waals surface area (Å²) in [6.07, 6.45) is 0. The molecule has 3 nitrogen and oxygen atoms in total. The van der Waals surface area contributed by atoms with Crippen LogP contribution in [0.3, 0.4) is 0 Å². The Morgan fingerprint density at radius 2 is 0.677 bits per heavy atom. The molecule has 0 bridgehead atoms. The fourth-order valence-electron chi connectivity index (χ4n) is 9.24. The van der Waals surface area contributed by atoms with E-state index >= 15 is 0 Å². The minimum absolute atomic E-state index is 0.639. The van der Waals surface area contributed by atoms with Crippen molar-refractivity contribution in [1.82, 2.24) is 15.0 Å². The van der Waals surface area contributed by atoms with E-state index in [1.54, 1.807) is 0 Å². The monoisotopic (exact) mass is 787 g/mol. The standard InChI is InChI=1S/C59H37N3/c1-3-13-43(14-4-1)57-60-58(44-15-5-2-6-16-44)62-59(61-57)45-30-28-42(29-31-45)55-49-21-8-7-12-40(49)32-34-50(55)48-20-9-19-46(36-48)38-24-26-39(27-25-38)47-33-35-51-52-22-10-17-41-18-11-23-53(56(41)52)54(51)37-47/h1-37H. The Labute approximate surface area is 360 Å². The highest BCUT2D eigenvalue weighted by molar-refractivity contribution is 6.15. The zero-order valence-electron chi connectivity index (χ0n) is 33.7. The van der Waals surface area contributed by atoms with E-state index in [0.29, 0.717) is 17.5 Å². The van der Waals surface area contributed by atoms with Gasteiger partial charge in [-0.05, 0) is 100 Å². The van der Waals surface area contributed by atoms with Crippen molar-refractivity contribution in [3.63, 3.8) is 0 Å². The Kier molecular flexibility index (Phi) is 8.50. The summed E-state index contributed by atoms with van der Waals surface area (Å²) in [5.41, 5.74) is 17.6. The van der Waals surface area contributed by atoms with Crippen LogP contribution < -0.4 is 0 Å². The second-order valence-electron chi connectivity index (χ2n) is 16.0. The lowest BCUT2D eigenvalue weighted by Gasteiger charge is -2.16. The lowest BCUT2D eigenvalue weighted by molar-refractivity contribution is 1.07. The Morgan fingerprint density at radius 3 is 1.34 bits per heavy atom. The van der Waals surface area contributed by atoms with Crippen LogP contribution in [-0.4, -0.2) is 15.0 Å². The fraction of sp³-hybridized carbons (Fsp3) is 0. The minimum Gasteiger partial charge on any atom is -0.208 e. The van der Waals surface area contributed by atoms with E-state index in [4.69, 9.17) is 15.0 Å². The topological polar surface area (TPSA) is 38.7 Å². The number of fused-ring (bicyclic) bond motifs is 4. The van der Waals surface area contributed by atoms with Crippen LogP contribution in [0.4, 0.5) is 0 Å². The van der Waals surface area contributed by atoms with Crippen molar-refractivity contribution in [2.75, 3.05) is 0 Å². The van der Waals surface area contributed by atoms with E-state index in [2.05, 4.69) is 164 Å². The molecule has 0 spiro atoms. The number of aromatic nitrogens is 3. The summed E-state index contributed by atoms with van der Waals surface area (Å²) in [6.45, 7) is 0. The van der Waals surface area contributed by atoms with Crippen molar-refractivity contribution in [3.05, 3.63) is 224 Å². The maximum Gasteiger partial charge on any atom is 0.164 e. The largest absolute Gasteiger partial charge is 0.208 e. The summed E-state index contributed by atoms with van der Waals surface area (Å²) >= 11 is 0. The maximum absolute atomic E-state index is 4.98. The van der Waals surface area contributed by atoms with Crippen molar-refractivity contribution >= 4 is 21.5 Å². The number of rotatable bonds is 7. The third kappa shape index (κ3) is 6.18. The van der Waals surface area contributed by atoms with Crippen LogP contribution in [0.5, 0.6) is 0 Å². The second kappa shape index (κ2) is 14.8. The SMILES string of the molecule is c1ccc(-c2nc(-c3ccccc3)nc(-c3ccc(-c4c(-c5cccc(-c6ccc(-c7ccc8c(c7)-c7cccc9cccc-8c79)cc6)c5)ccc5ccccc45)cc3)n2)cc1. The minimum atomic E-state index is 0.639. The molecule has 0 amide bonds. The lowest BCUT2D eigenvalue weighted by Crippen LogP contribution is -2.00. The first kappa shape index (κ1) is 35.7. The molecule has 1 aliphatic rings. The van der Waals surface area contributed by atoms with Gasteiger partial charge in [-0.2, -0.15) is 0 Å². The van der Waals surface area contributed by atoms with E-state index in [9.17, 15) is 0 Å². The first-order valence-electron chi connectivity index (χ1n) is 21.1. The molecule has 0 aliphatic heterocycles. The van der Waals surface area contributed by atoms with Gasteiger partial charge in [0.1, 0.15) is 0 Å². The van der Waals surface area contributed by atoms with Crippen molar-refractivity contribution in [1.29, 1.82) is 0 Å². The predicted octanol–water partition coefficient (Wildman–Crippen LogP) is 15.5. The molecule has 12 rings (SSSR count). The highest BCUT2D eigenvalue weighted by Crippen LogP contribution is 2.48. The summed E-state index contributed by atoms with van der Waals surface area (Å²) in [5, 5.41) is 5.06. The van der Waals surface area contributed by atoms with Gasteiger partial charge < -0.3 is 0 Å². The van der Waals surface area contributed by atoms with E-state index in [-0.39, 0.29) is 0 Å². The molecule has 3 heteroatoms. The van der Waals surface area contributed by atoms with Crippen LogP contribution in [0.15, 0.2) is 224 Å². The molecular formula is C59H37N3. The quantitative estimate of drug-likeness (QED) is 0.161. The van der Waals surface area contributed by atoms with Gasteiger partial charge >= 0.3 is 0 Å². The van der Waals surface area contributed by atoms with Crippen LogP contribution in [0, 0.1) is 0 Å². The lowest BCUT2D eigenvalue weighted by atomic mass is 9.88. The molecule has 0 saturated carbocycles. The number of hydrogen-bond donors (Lipinski definition) is 0. The molecular weight excluding hydrogens is 751 g/mol. The second-order valence-corrected chi connectivity index (χ2v) is 16.0. The zero-order chi connectivity index (χ0) is 41.0. The van der Waals surface area contributed by atoms with Crippen molar-refractivity contribution in [2.24, 2.45) is 0 Å². The van der Waals surface area contributed by atoms with Gasteiger partial charge in [0, 0.05) is 16.7 Å². The van der Waals surface area contributed by atoms with E-state index in [0.717, 1.165) is 22.3 Å². The van der Waals surface area contributed by atoms with Gasteiger partial charge in [-0.1, -0.05) is 212 Å². The molecule has 10 aromatic carbocycles. The molecule has 1 aliphatic carbocycles. The van der Waals surface area contributed by atoms with E-state index in [1.165, 1.54) is 82.7 Å². The molecule has 1 heterocycles. The van der Waals surface area contributed by atoms with Gasteiger partial charge in [-0.15, -0.1) is 0 Å². The van der Waals surface area contributed by atoms with E-state index < -0.39 is 0 Å². The van der Waals surface area contributed by atoms with E-state index in [1.807, 2.05) is 60.7 Å². The smallest absolute Gasteiger partial charge is 0.164 e. The summed E-state index contributed by atoms with van der Waals surface area (Å²) in [6, 6.07) is 80.2. The summed E-state index contributed by atoms with van der Waals surface area (Å²) in [5.74, 6) is 1.94. The average Bonchev–Trinajstić information content (AvgIpc) is 3.68. The third-order valence-electron chi connectivity index (χ3n) is 12.3. The average molecular weight is 788 g/mol. The Balaban J connectivity index is 0.891. The summed E-state index contributed by atoms with van der Waals surface area (Å²) in [7, 11) is 0.